The summed E-state index contributed by atoms with van der Waals surface area (Å²) in [6.07, 6.45) is 1.37. The van der Waals surface area contributed by atoms with Gasteiger partial charge in [-0.2, -0.15) is 0 Å². The summed E-state index contributed by atoms with van der Waals surface area (Å²) >= 11 is 6.23. The van der Waals surface area contributed by atoms with Gasteiger partial charge in [0.1, 0.15) is 12.2 Å². The van der Waals surface area contributed by atoms with Gasteiger partial charge in [-0.1, -0.05) is 23.7 Å². The molecule has 0 atom stereocenters. The number of carboxylic acid groups (broad SMARTS) is 1. The predicted octanol–water partition coefficient (Wildman–Crippen LogP) is 3.04. The van der Waals surface area contributed by atoms with Crippen molar-refractivity contribution in [3.05, 3.63) is 58.2 Å². The average Bonchev–Trinajstić information content (AvgIpc) is 3.00. The van der Waals surface area contributed by atoms with Gasteiger partial charge in [-0.3, -0.25) is 9.59 Å². The molecule has 2 aromatic carbocycles. The fourth-order valence-corrected chi connectivity index (χ4v) is 3.43. The van der Waals surface area contributed by atoms with E-state index in [4.69, 9.17) is 26.2 Å². The number of urea groups is 1. The van der Waals surface area contributed by atoms with Crippen LogP contribution in [-0.2, 0) is 14.4 Å². The lowest BCUT2D eigenvalue weighted by Crippen LogP contribution is -2.38. The topological polar surface area (TPSA) is 134 Å². The molecule has 0 saturated carbocycles. The maximum Gasteiger partial charge on any atom is 0.341 e. The summed E-state index contributed by atoms with van der Waals surface area (Å²) in [7, 11) is 0. The summed E-state index contributed by atoms with van der Waals surface area (Å²) in [4.78, 5) is 49.0. The van der Waals surface area contributed by atoms with Crippen molar-refractivity contribution in [3.8, 4) is 11.5 Å². The number of amides is 4. The molecule has 34 heavy (non-hydrogen) atoms. The number of nitrogens with one attached hydrogen (secondary N) is 2. The number of hydrogen-bond donors (Lipinski definition) is 3. The number of nitrogens with zero attached hydrogens (tertiary/aromatic N) is 1. The van der Waals surface area contributed by atoms with Crippen molar-refractivity contribution in [1.29, 1.82) is 0 Å². The summed E-state index contributed by atoms with van der Waals surface area (Å²) in [6, 6.07) is 9.29. The van der Waals surface area contributed by atoms with Gasteiger partial charge in [-0.15, -0.1) is 0 Å². The fourth-order valence-electron chi connectivity index (χ4n) is 3.16. The van der Waals surface area contributed by atoms with E-state index in [0.717, 1.165) is 10.5 Å². The number of ether oxygens (including phenoxy) is 2. The predicted molar refractivity (Wildman–Crippen MR) is 124 cm³/mol. The number of halogens is 1. The lowest BCUT2D eigenvalue weighted by atomic mass is 10.1. The number of aryl methyl sites for hydroxylation is 1. The zero-order valence-corrected chi connectivity index (χ0v) is 19.1. The fraction of sp³-hybridized carbons (Fsp3) is 0.217. The highest BCUT2D eigenvalue weighted by molar-refractivity contribution is 6.32. The standard InChI is InChI=1S/C23H22ClN3O7/c1-3-33-18-10-14(8-16(24)21(18)34-12-20(29)30)9-17-22(31)27(23(32)26-17)11-19(28)25-15-6-4-5-13(2)7-15/h4-10H,3,11-12H2,1-2H3,(H,25,28)(H,26,32)(H,29,30)/b17-9-. The van der Waals surface area contributed by atoms with Crippen LogP contribution in [0, 0.1) is 6.92 Å². The number of aliphatic carboxylic acids is 1. The molecular weight excluding hydrogens is 466 g/mol. The van der Waals surface area contributed by atoms with Crippen molar-refractivity contribution in [1.82, 2.24) is 10.2 Å². The Hall–Kier alpha value is -4.05. The SMILES string of the molecule is CCOc1cc(/C=C2\NC(=O)N(CC(=O)Nc3cccc(C)c3)C2=O)cc(Cl)c1OCC(=O)O. The molecule has 0 aromatic heterocycles. The molecule has 0 aliphatic carbocycles. The van der Waals surface area contributed by atoms with Crippen LogP contribution < -0.4 is 20.1 Å². The summed E-state index contributed by atoms with van der Waals surface area (Å²) in [5.74, 6) is -2.18. The number of imide groups is 1. The third kappa shape index (κ3) is 6.04. The van der Waals surface area contributed by atoms with Gasteiger partial charge in [0.2, 0.25) is 5.91 Å². The zero-order valence-electron chi connectivity index (χ0n) is 18.4. The first-order valence-corrected chi connectivity index (χ1v) is 10.6. The van der Waals surface area contributed by atoms with Gasteiger partial charge in [0, 0.05) is 5.69 Å². The molecule has 10 nitrogen and oxygen atoms in total. The highest BCUT2D eigenvalue weighted by Gasteiger charge is 2.35. The second kappa shape index (κ2) is 10.7. The first-order valence-electron chi connectivity index (χ1n) is 10.2. The van der Waals surface area contributed by atoms with Crippen molar-refractivity contribution < 1.29 is 33.8 Å². The molecule has 178 valence electrons. The molecule has 1 saturated heterocycles. The number of carbonyl (C=O) groups excluding carboxylic acids is 3. The number of hydrogen-bond acceptors (Lipinski definition) is 6. The molecule has 0 unspecified atom stereocenters. The van der Waals surface area contributed by atoms with Gasteiger partial charge in [0.25, 0.3) is 5.91 Å². The molecule has 4 amide bonds. The molecule has 3 N–H and O–H groups in total. The smallest absolute Gasteiger partial charge is 0.341 e. The van der Waals surface area contributed by atoms with Crippen LogP contribution in [0.25, 0.3) is 6.08 Å². The molecule has 2 aromatic rings. The van der Waals surface area contributed by atoms with E-state index in [1.165, 1.54) is 18.2 Å². The van der Waals surface area contributed by atoms with Crippen molar-refractivity contribution in [2.45, 2.75) is 13.8 Å². The molecule has 1 heterocycles. The van der Waals surface area contributed by atoms with E-state index >= 15 is 0 Å². The largest absolute Gasteiger partial charge is 0.490 e. The summed E-state index contributed by atoms with van der Waals surface area (Å²) in [5.41, 5.74) is 1.83. The van der Waals surface area contributed by atoms with Gasteiger partial charge >= 0.3 is 12.0 Å². The van der Waals surface area contributed by atoms with E-state index in [2.05, 4.69) is 10.6 Å². The second-order valence-corrected chi connectivity index (χ2v) is 7.65. The minimum Gasteiger partial charge on any atom is -0.490 e. The molecule has 0 radical (unpaired) electrons. The monoisotopic (exact) mass is 487 g/mol. The van der Waals surface area contributed by atoms with E-state index in [0.29, 0.717) is 11.3 Å². The highest BCUT2D eigenvalue weighted by atomic mass is 35.5. The van der Waals surface area contributed by atoms with Crippen molar-refractivity contribution in [3.63, 3.8) is 0 Å². The molecule has 0 bridgehead atoms. The van der Waals surface area contributed by atoms with Crippen LogP contribution in [0.1, 0.15) is 18.1 Å². The van der Waals surface area contributed by atoms with Crippen LogP contribution >= 0.6 is 11.6 Å². The molecule has 1 aliphatic heterocycles. The second-order valence-electron chi connectivity index (χ2n) is 7.24. The first kappa shape index (κ1) is 24.6. The zero-order chi connectivity index (χ0) is 24.8. The normalized spacial score (nSPS) is 14.2. The Morgan fingerprint density at radius 1 is 1.21 bits per heavy atom. The van der Waals surface area contributed by atoms with Crippen LogP contribution in [0.15, 0.2) is 42.1 Å². The Labute approximate surface area is 200 Å². The third-order valence-corrected chi connectivity index (χ3v) is 4.83. The summed E-state index contributed by atoms with van der Waals surface area (Å²) in [6.45, 7) is 2.76. The van der Waals surface area contributed by atoms with Crippen molar-refractivity contribution in [2.75, 3.05) is 25.1 Å². The molecular formula is C23H22ClN3O7. The lowest BCUT2D eigenvalue weighted by molar-refractivity contribution is -0.139. The van der Waals surface area contributed by atoms with E-state index < -0.39 is 37.0 Å². The molecule has 1 aliphatic rings. The number of carboxylic acids is 1. The molecule has 3 rings (SSSR count). The van der Waals surface area contributed by atoms with Gasteiger partial charge in [-0.05, 0) is 55.3 Å². The minimum atomic E-state index is -1.18. The van der Waals surface area contributed by atoms with Crippen LogP contribution in [0.5, 0.6) is 11.5 Å². The molecule has 0 spiro atoms. The van der Waals surface area contributed by atoms with Gasteiger partial charge in [-0.25, -0.2) is 14.5 Å². The van der Waals surface area contributed by atoms with Gasteiger partial charge in [0.05, 0.1) is 11.6 Å². The van der Waals surface area contributed by atoms with Crippen LogP contribution in [0.2, 0.25) is 5.02 Å². The Balaban J connectivity index is 1.77. The van der Waals surface area contributed by atoms with Crippen molar-refractivity contribution >= 4 is 47.2 Å². The Kier molecular flexibility index (Phi) is 7.75. The third-order valence-electron chi connectivity index (χ3n) is 4.55. The highest BCUT2D eigenvalue weighted by Crippen LogP contribution is 2.37. The maximum absolute atomic E-state index is 12.7. The summed E-state index contributed by atoms with van der Waals surface area (Å²) in [5, 5.41) is 14.0. The van der Waals surface area contributed by atoms with E-state index in [1.54, 1.807) is 25.1 Å². The number of anilines is 1. The van der Waals surface area contributed by atoms with Crippen LogP contribution in [0.4, 0.5) is 10.5 Å². The average molecular weight is 488 g/mol. The van der Waals surface area contributed by atoms with Gasteiger partial charge < -0.3 is 25.2 Å². The lowest BCUT2D eigenvalue weighted by Gasteiger charge is -2.13. The molecule has 1 fully saturated rings. The minimum absolute atomic E-state index is 0.0456. The first-order chi connectivity index (χ1) is 16.2. The Morgan fingerprint density at radius 2 is 1.97 bits per heavy atom. The van der Waals surface area contributed by atoms with Crippen molar-refractivity contribution in [2.24, 2.45) is 0 Å². The maximum atomic E-state index is 12.7. The van der Waals surface area contributed by atoms with E-state index in [9.17, 15) is 19.2 Å². The number of carbonyl (C=O) groups is 4. The van der Waals surface area contributed by atoms with E-state index in [1.807, 2.05) is 13.0 Å². The van der Waals surface area contributed by atoms with Crippen LogP contribution in [0.3, 0.4) is 0 Å². The summed E-state index contributed by atoms with van der Waals surface area (Å²) < 4.78 is 10.7. The molecule has 11 heteroatoms. The van der Waals surface area contributed by atoms with Gasteiger partial charge in [0.15, 0.2) is 18.1 Å². The Morgan fingerprint density at radius 3 is 2.65 bits per heavy atom. The van der Waals surface area contributed by atoms with E-state index in [-0.39, 0.29) is 28.8 Å². The van der Waals surface area contributed by atoms with Crippen LogP contribution in [-0.4, -0.2) is 53.6 Å². The quantitative estimate of drug-likeness (QED) is 0.365. The number of rotatable bonds is 9. The number of benzene rings is 2. The Bertz CT molecular complexity index is 1180.